The molecule has 29 heavy (non-hydrogen) atoms. The van der Waals surface area contributed by atoms with Crippen LogP contribution in [0.5, 0.6) is 0 Å². The van der Waals surface area contributed by atoms with Crippen molar-refractivity contribution in [2.24, 2.45) is 5.92 Å². The van der Waals surface area contributed by atoms with E-state index < -0.39 is 11.7 Å². The summed E-state index contributed by atoms with van der Waals surface area (Å²) < 4.78 is 44.9. The number of likely N-dealkylation sites (tertiary alicyclic amines) is 1. The maximum absolute atomic E-state index is 13.4. The first-order valence-electron chi connectivity index (χ1n) is 9.37. The van der Waals surface area contributed by atoms with Crippen molar-refractivity contribution in [2.75, 3.05) is 39.2 Å². The summed E-state index contributed by atoms with van der Waals surface area (Å²) in [7, 11) is 4.83. The molecule has 0 spiro atoms. The summed E-state index contributed by atoms with van der Waals surface area (Å²) in [6, 6.07) is 9.97. The summed E-state index contributed by atoms with van der Waals surface area (Å²) in [5, 5.41) is 0. The fraction of sp³-hybridized carbons (Fsp3) is 0.409. The van der Waals surface area contributed by atoms with Gasteiger partial charge in [-0.1, -0.05) is 17.7 Å². The summed E-state index contributed by atoms with van der Waals surface area (Å²) in [6.07, 6.45) is -4.41. The second kappa shape index (κ2) is 8.06. The molecule has 0 radical (unpaired) electrons. The van der Waals surface area contributed by atoms with Crippen LogP contribution in [0.4, 0.5) is 18.9 Å². The molecule has 0 saturated carbocycles. The Morgan fingerprint density at radius 1 is 1.10 bits per heavy atom. The van der Waals surface area contributed by atoms with Gasteiger partial charge < -0.3 is 9.64 Å². The third-order valence-corrected chi connectivity index (χ3v) is 5.13. The van der Waals surface area contributed by atoms with Crippen LogP contribution in [-0.4, -0.2) is 45.2 Å². The quantitative estimate of drug-likeness (QED) is 0.691. The van der Waals surface area contributed by atoms with Crippen LogP contribution >= 0.6 is 0 Å². The van der Waals surface area contributed by atoms with Gasteiger partial charge in [0.2, 0.25) is 0 Å². The second-order valence-corrected chi connectivity index (χ2v) is 7.78. The molecule has 0 aliphatic carbocycles. The summed E-state index contributed by atoms with van der Waals surface area (Å²) in [6.45, 7) is 3.83. The van der Waals surface area contributed by atoms with E-state index in [2.05, 4.69) is 4.90 Å². The number of alkyl halides is 3. The minimum absolute atomic E-state index is 0.101. The zero-order chi connectivity index (χ0) is 21.3. The number of esters is 1. The molecule has 0 bridgehead atoms. The van der Waals surface area contributed by atoms with Crippen molar-refractivity contribution in [3.05, 3.63) is 53.1 Å². The molecule has 2 aromatic carbocycles. The highest BCUT2D eigenvalue weighted by molar-refractivity contribution is 5.74. The van der Waals surface area contributed by atoms with Crippen molar-refractivity contribution in [1.82, 2.24) is 4.90 Å². The molecule has 1 aliphatic rings. The Labute approximate surface area is 168 Å². The van der Waals surface area contributed by atoms with Gasteiger partial charge in [0, 0.05) is 39.4 Å². The minimum atomic E-state index is -4.41. The van der Waals surface area contributed by atoms with Crippen molar-refractivity contribution in [3.63, 3.8) is 0 Å². The highest BCUT2D eigenvalue weighted by Crippen LogP contribution is 2.36. The number of methoxy groups -OCH3 is 1. The average molecular weight is 406 g/mol. The summed E-state index contributed by atoms with van der Waals surface area (Å²) >= 11 is 0. The molecule has 1 aliphatic heterocycles. The molecule has 3 rings (SSSR count). The van der Waals surface area contributed by atoms with Crippen LogP contribution in [0, 0.1) is 12.8 Å². The van der Waals surface area contributed by atoms with Crippen LogP contribution in [0.2, 0.25) is 0 Å². The van der Waals surface area contributed by atoms with E-state index in [4.69, 9.17) is 4.74 Å². The number of benzene rings is 2. The predicted molar refractivity (Wildman–Crippen MR) is 107 cm³/mol. The van der Waals surface area contributed by atoms with E-state index in [1.165, 1.54) is 13.2 Å². The molecule has 0 N–H and O–H groups in total. The Morgan fingerprint density at radius 2 is 1.76 bits per heavy atom. The van der Waals surface area contributed by atoms with Crippen LogP contribution in [0.3, 0.4) is 0 Å². The molecule has 4 nitrogen and oxygen atoms in total. The summed E-state index contributed by atoms with van der Waals surface area (Å²) in [5.74, 6) is -0.304. The Bertz CT molecular complexity index is 903. The van der Waals surface area contributed by atoms with Gasteiger partial charge in [0.15, 0.2) is 0 Å². The van der Waals surface area contributed by atoms with Crippen LogP contribution < -0.4 is 4.90 Å². The van der Waals surface area contributed by atoms with Crippen molar-refractivity contribution < 1.29 is 22.7 Å². The smallest absolute Gasteiger partial charge is 0.416 e. The van der Waals surface area contributed by atoms with Gasteiger partial charge in [-0.05, 0) is 47.9 Å². The Kier molecular flexibility index (Phi) is 5.89. The molecular formula is C22H25F3N2O2. The van der Waals surface area contributed by atoms with E-state index in [0.717, 1.165) is 22.8 Å². The van der Waals surface area contributed by atoms with Gasteiger partial charge in [0.25, 0.3) is 0 Å². The van der Waals surface area contributed by atoms with E-state index in [1.807, 2.05) is 25.1 Å². The lowest BCUT2D eigenvalue weighted by atomic mass is 9.95. The number of carbonyl (C=O) groups is 1. The SMILES string of the molecule is COC(=O)C1CN(Cc2cc(C)cc(-c3cc(N(C)C)cc(C(F)(F)F)c3)c2)C1. The molecule has 1 saturated heterocycles. The number of hydrogen-bond donors (Lipinski definition) is 0. The first-order chi connectivity index (χ1) is 13.6. The second-order valence-electron chi connectivity index (χ2n) is 7.78. The molecule has 0 amide bonds. The molecule has 1 fully saturated rings. The van der Waals surface area contributed by atoms with Crippen LogP contribution in [0.1, 0.15) is 16.7 Å². The van der Waals surface area contributed by atoms with Crippen LogP contribution in [0.15, 0.2) is 36.4 Å². The van der Waals surface area contributed by atoms with Crippen molar-refractivity contribution in [2.45, 2.75) is 19.6 Å². The Balaban J connectivity index is 1.88. The van der Waals surface area contributed by atoms with Crippen molar-refractivity contribution in [1.29, 1.82) is 0 Å². The van der Waals surface area contributed by atoms with Gasteiger partial charge in [-0.15, -0.1) is 0 Å². The highest BCUT2D eigenvalue weighted by Gasteiger charge is 2.33. The molecule has 7 heteroatoms. The maximum atomic E-state index is 13.4. The zero-order valence-electron chi connectivity index (χ0n) is 17.0. The van der Waals surface area contributed by atoms with E-state index in [9.17, 15) is 18.0 Å². The first-order valence-corrected chi connectivity index (χ1v) is 9.37. The monoisotopic (exact) mass is 406 g/mol. The van der Waals surface area contributed by atoms with Gasteiger partial charge in [-0.2, -0.15) is 13.2 Å². The molecule has 1 heterocycles. The first kappa shape index (κ1) is 21.2. The number of rotatable bonds is 5. The number of hydrogen-bond acceptors (Lipinski definition) is 4. The molecule has 0 unspecified atom stereocenters. The number of nitrogens with zero attached hydrogens (tertiary/aromatic N) is 2. The molecular weight excluding hydrogens is 381 g/mol. The number of anilines is 1. The van der Waals surface area contributed by atoms with Gasteiger partial charge in [-0.25, -0.2) is 0 Å². The van der Waals surface area contributed by atoms with E-state index in [-0.39, 0.29) is 11.9 Å². The molecule has 0 atom stereocenters. The van der Waals surface area contributed by atoms with E-state index in [1.54, 1.807) is 25.1 Å². The zero-order valence-corrected chi connectivity index (χ0v) is 17.0. The predicted octanol–water partition coefficient (Wildman–Crippen LogP) is 4.35. The maximum Gasteiger partial charge on any atom is 0.416 e. The van der Waals surface area contributed by atoms with Gasteiger partial charge in [0.05, 0.1) is 18.6 Å². The lowest BCUT2D eigenvalue weighted by Crippen LogP contribution is -2.49. The van der Waals surface area contributed by atoms with E-state index in [0.29, 0.717) is 30.9 Å². The van der Waals surface area contributed by atoms with Crippen LogP contribution in [0.25, 0.3) is 11.1 Å². The molecule has 0 aromatic heterocycles. The van der Waals surface area contributed by atoms with Crippen LogP contribution in [-0.2, 0) is 22.3 Å². The number of ether oxygens (including phenoxy) is 1. The average Bonchev–Trinajstić information content (AvgIpc) is 2.62. The Morgan fingerprint density at radius 3 is 2.34 bits per heavy atom. The number of aryl methyl sites for hydroxylation is 1. The van der Waals surface area contributed by atoms with Crippen molar-refractivity contribution >= 4 is 11.7 Å². The van der Waals surface area contributed by atoms with Crippen molar-refractivity contribution in [3.8, 4) is 11.1 Å². The topological polar surface area (TPSA) is 32.8 Å². The standard InChI is InChI=1S/C22H25F3N2O2/c1-14-5-15(11-27-12-18(13-27)21(28)29-4)7-16(6-14)17-8-19(22(23,24)25)10-20(9-17)26(2)3/h5-10,18H,11-13H2,1-4H3. The fourth-order valence-corrected chi connectivity index (χ4v) is 3.59. The molecule has 156 valence electrons. The minimum Gasteiger partial charge on any atom is -0.469 e. The van der Waals surface area contributed by atoms with E-state index >= 15 is 0 Å². The van der Waals surface area contributed by atoms with Gasteiger partial charge in [0.1, 0.15) is 0 Å². The Hall–Kier alpha value is -2.54. The third kappa shape index (κ3) is 4.90. The molecule has 2 aromatic rings. The number of halogens is 3. The number of carbonyl (C=O) groups excluding carboxylic acids is 1. The highest BCUT2D eigenvalue weighted by atomic mass is 19.4. The van der Waals surface area contributed by atoms with Gasteiger partial charge >= 0.3 is 12.1 Å². The summed E-state index contributed by atoms with van der Waals surface area (Å²) in [4.78, 5) is 15.3. The largest absolute Gasteiger partial charge is 0.469 e. The third-order valence-electron chi connectivity index (χ3n) is 5.13. The van der Waals surface area contributed by atoms with Gasteiger partial charge in [-0.3, -0.25) is 9.69 Å². The summed E-state index contributed by atoms with van der Waals surface area (Å²) in [5.41, 5.74) is 3.11. The lowest BCUT2D eigenvalue weighted by molar-refractivity contribution is -0.151. The lowest BCUT2D eigenvalue weighted by Gasteiger charge is -2.37. The fourth-order valence-electron chi connectivity index (χ4n) is 3.59. The normalized spacial score (nSPS) is 15.1.